The van der Waals surface area contributed by atoms with Crippen molar-refractivity contribution in [2.45, 2.75) is 63.7 Å². The molecule has 0 spiro atoms. The molecule has 1 N–H and O–H groups in total. The van der Waals surface area contributed by atoms with Crippen LogP contribution >= 0.6 is 0 Å². The van der Waals surface area contributed by atoms with Crippen molar-refractivity contribution in [3.63, 3.8) is 0 Å². The summed E-state index contributed by atoms with van der Waals surface area (Å²) in [6.45, 7) is 5.18. The standard InChI is InChI=1S/C23H33NO9/c1-22(2,3)21(27)32-18-17-15(13-30-20(31-17)14-10-8-7-9-11-14)33-23(28-5,19(18)26)12-16(25)24(4)29-6/h7-11,15,17-20,26H,12-13H2,1-6H3/t15-,17+,18+,19-,20?,23-/m1/s1. The van der Waals surface area contributed by atoms with Gasteiger partial charge in [-0.1, -0.05) is 30.3 Å². The summed E-state index contributed by atoms with van der Waals surface area (Å²) in [5.41, 5.74) is -0.0638. The van der Waals surface area contributed by atoms with E-state index in [1.807, 2.05) is 30.3 Å². The molecule has 3 rings (SSSR count). The number of hydroxylamine groups is 2. The van der Waals surface area contributed by atoms with Crippen molar-refractivity contribution < 1.29 is 43.2 Å². The van der Waals surface area contributed by atoms with Gasteiger partial charge in [-0.05, 0) is 20.8 Å². The first-order valence-corrected chi connectivity index (χ1v) is 10.8. The maximum atomic E-state index is 12.8. The quantitative estimate of drug-likeness (QED) is 0.492. The van der Waals surface area contributed by atoms with Crippen molar-refractivity contribution in [2.75, 3.05) is 27.9 Å². The number of fused-ring (bicyclic) bond motifs is 1. The molecule has 0 bridgehead atoms. The van der Waals surface area contributed by atoms with Crippen LogP contribution in [0.5, 0.6) is 0 Å². The lowest BCUT2D eigenvalue weighted by molar-refractivity contribution is -0.398. The highest BCUT2D eigenvalue weighted by Crippen LogP contribution is 2.41. The lowest BCUT2D eigenvalue weighted by Gasteiger charge is -2.52. The average Bonchev–Trinajstić information content (AvgIpc) is 2.80. The molecule has 2 aliphatic heterocycles. The zero-order valence-electron chi connectivity index (χ0n) is 19.8. The van der Waals surface area contributed by atoms with E-state index in [2.05, 4.69) is 0 Å². The molecule has 1 aromatic carbocycles. The molecule has 6 atom stereocenters. The molecular weight excluding hydrogens is 434 g/mol. The number of rotatable bonds is 6. The number of carbonyl (C=O) groups is 2. The molecule has 1 unspecified atom stereocenters. The fraction of sp³-hybridized carbons (Fsp3) is 0.652. The number of hydrogen-bond acceptors (Lipinski definition) is 9. The van der Waals surface area contributed by atoms with Crippen LogP contribution in [0.2, 0.25) is 0 Å². The van der Waals surface area contributed by atoms with Crippen LogP contribution in [0.4, 0.5) is 0 Å². The molecule has 2 saturated heterocycles. The molecule has 2 heterocycles. The van der Waals surface area contributed by atoms with Crippen molar-refractivity contribution in [1.82, 2.24) is 5.06 Å². The van der Waals surface area contributed by atoms with Gasteiger partial charge in [0.25, 0.3) is 5.91 Å². The van der Waals surface area contributed by atoms with E-state index in [-0.39, 0.29) is 13.0 Å². The maximum Gasteiger partial charge on any atom is 0.311 e. The number of aliphatic hydroxyl groups excluding tert-OH is 1. The molecule has 0 aliphatic carbocycles. The van der Waals surface area contributed by atoms with E-state index in [0.29, 0.717) is 0 Å². The van der Waals surface area contributed by atoms with E-state index in [0.717, 1.165) is 10.6 Å². The largest absolute Gasteiger partial charge is 0.456 e. The van der Waals surface area contributed by atoms with Gasteiger partial charge in [-0.3, -0.25) is 14.4 Å². The summed E-state index contributed by atoms with van der Waals surface area (Å²) in [6.07, 6.45) is -5.46. The summed E-state index contributed by atoms with van der Waals surface area (Å²) in [6, 6.07) is 9.27. The van der Waals surface area contributed by atoms with Crippen LogP contribution in [0, 0.1) is 5.41 Å². The minimum atomic E-state index is -1.81. The van der Waals surface area contributed by atoms with Gasteiger partial charge in [0.05, 0.1) is 25.6 Å². The van der Waals surface area contributed by atoms with Crippen molar-refractivity contribution in [1.29, 1.82) is 0 Å². The second-order valence-corrected chi connectivity index (χ2v) is 9.16. The van der Waals surface area contributed by atoms with Gasteiger partial charge in [-0.15, -0.1) is 0 Å². The lowest BCUT2D eigenvalue weighted by atomic mass is 9.88. The number of carbonyl (C=O) groups excluding carboxylic acids is 2. The lowest BCUT2D eigenvalue weighted by Crippen LogP contribution is -2.69. The van der Waals surface area contributed by atoms with E-state index < -0.39 is 53.8 Å². The third-order valence-electron chi connectivity index (χ3n) is 5.79. The fourth-order valence-corrected chi connectivity index (χ4v) is 3.72. The highest BCUT2D eigenvalue weighted by molar-refractivity contribution is 5.76. The summed E-state index contributed by atoms with van der Waals surface area (Å²) in [5.74, 6) is -2.85. The Balaban J connectivity index is 1.93. The third kappa shape index (κ3) is 5.37. The Morgan fingerprint density at radius 1 is 1.21 bits per heavy atom. The van der Waals surface area contributed by atoms with E-state index in [1.54, 1.807) is 20.8 Å². The Labute approximate surface area is 193 Å². The highest BCUT2D eigenvalue weighted by atomic mass is 16.8. The van der Waals surface area contributed by atoms with Crippen LogP contribution in [0.3, 0.4) is 0 Å². The minimum Gasteiger partial charge on any atom is -0.456 e. The predicted octanol–water partition coefficient (Wildman–Crippen LogP) is 1.57. The molecule has 0 saturated carbocycles. The van der Waals surface area contributed by atoms with Crippen LogP contribution in [-0.4, -0.2) is 80.1 Å². The normalized spacial score (nSPS) is 32.0. The van der Waals surface area contributed by atoms with Gasteiger partial charge in [0.2, 0.25) is 5.79 Å². The first-order valence-electron chi connectivity index (χ1n) is 10.8. The molecule has 1 aromatic rings. The van der Waals surface area contributed by atoms with Crippen molar-refractivity contribution >= 4 is 11.9 Å². The SMILES string of the molecule is CON(C)C(=O)C[C@@]1(OC)O[C@@H]2COC(c3ccccc3)O[C@@H]2[C@H](OC(=O)C(C)(C)C)[C@H]1O. The minimum absolute atomic E-state index is 0.0694. The number of aliphatic hydroxyl groups is 1. The molecule has 0 radical (unpaired) electrons. The predicted molar refractivity (Wildman–Crippen MR) is 114 cm³/mol. The molecular formula is C23H33NO9. The Bertz CT molecular complexity index is 827. The molecule has 10 heteroatoms. The second-order valence-electron chi connectivity index (χ2n) is 9.16. The molecule has 1 amide bonds. The molecule has 184 valence electrons. The van der Waals surface area contributed by atoms with Crippen molar-refractivity contribution in [3.8, 4) is 0 Å². The average molecular weight is 468 g/mol. The van der Waals surface area contributed by atoms with Crippen LogP contribution < -0.4 is 0 Å². The van der Waals surface area contributed by atoms with Gasteiger partial charge in [0.15, 0.2) is 12.4 Å². The van der Waals surface area contributed by atoms with E-state index in [1.165, 1.54) is 21.3 Å². The number of nitrogens with zero attached hydrogens (tertiary/aromatic N) is 1. The first kappa shape index (κ1) is 25.5. The summed E-state index contributed by atoms with van der Waals surface area (Å²) >= 11 is 0. The Morgan fingerprint density at radius 2 is 1.88 bits per heavy atom. The number of amides is 1. The highest BCUT2D eigenvalue weighted by Gasteiger charge is 2.60. The van der Waals surface area contributed by atoms with Crippen molar-refractivity contribution in [3.05, 3.63) is 35.9 Å². The first-order chi connectivity index (χ1) is 15.5. The van der Waals surface area contributed by atoms with E-state index in [4.69, 9.17) is 28.5 Å². The van der Waals surface area contributed by atoms with Gasteiger partial charge in [0, 0.05) is 19.7 Å². The van der Waals surface area contributed by atoms with Crippen LogP contribution in [0.1, 0.15) is 39.0 Å². The Hall–Kier alpha value is -2.08. The van der Waals surface area contributed by atoms with E-state index >= 15 is 0 Å². The van der Waals surface area contributed by atoms with Gasteiger partial charge < -0.3 is 28.8 Å². The fourth-order valence-electron chi connectivity index (χ4n) is 3.72. The summed E-state index contributed by atoms with van der Waals surface area (Å²) in [4.78, 5) is 30.3. The molecule has 33 heavy (non-hydrogen) atoms. The van der Waals surface area contributed by atoms with Gasteiger partial charge in [0.1, 0.15) is 18.3 Å². The second kappa shape index (κ2) is 10.0. The number of hydrogen-bond donors (Lipinski definition) is 1. The third-order valence-corrected chi connectivity index (χ3v) is 5.79. The monoisotopic (exact) mass is 467 g/mol. The zero-order chi connectivity index (χ0) is 24.4. The molecule has 10 nitrogen and oxygen atoms in total. The number of ether oxygens (including phenoxy) is 5. The smallest absolute Gasteiger partial charge is 0.311 e. The molecule has 2 aliphatic rings. The number of esters is 1. The van der Waals surface area contributed by atoms with Crippen LogP contribution in [0.25, 0.3) is 0 Å². The van der Waals surface area contributed by atoms with Gasteiger partial charge >= 0.3 is 5.97 Å². The number of benzene rings is 1. The summed E-state index contributed by atoms with van der Waals surface area (Å²) in [5, 5.41) is 12.3. The Morgan fingerprint density at radius 3 is 2.45 bits per heavy atom. The van der Waals surface area contributed by atoms with Crippen molar-refractivity contribution in [2.24, 2.45) is 5.41 Å². The molecule has 0 aromatic heterocycles. The van der Waals surface area contributed by atoms with Crippen LogP contribution in [0.15, 0.2) is 30.3 Å². The number of methoxy groups -OCH3 is 1. The zero-order valence-corrected chi connectivity index (χ0v) is 19.8. The Kier molecular flexibility index (Phi) is 7.77. The van der Waals surface area contributed by atoms with Gasteiger partial charge in [-0.25, -0.2) is 5.06 Å². The van der Waals surface area contributed by atoms with Crippen LogP contribution in [-0.2, 0) is 38.1 Å². The van der Waals surface area contributed by atoms with Gasteiger partial charge in [-0.2, -0.15) is 0 Å². The van der Waals surface area contributed by atoms with E-state index in [9.17, 15) is 14.7 Å². The maximum absolute atomic E-state index is 12.8. The summed E-state index contributed by atoms with van der Waals surface area (Å²) < 4.78 is 29.3. The molecule has 2 fully saturated rings. The topological polar surface area (TPSA) is 113 Å². The summed E-state index contributed by atoms with van der Waals surface area (Å²) in [7, 11) is 4.08.